The molecule has 21 heavy (non-hydrogen) atoms. The van der Waals surface area contributed by atoms with Gasteiger partial charge in [0.05, 0.1) is 6.04 Å². The van der Waals surface area contributed by atoms with Crippen LogP contribution in [0.15, 0.2) is 18.2 Å². The summed E-state index contributed by atoms with van der Waals surface area (Å²) >= 11 is 0. The first kappa shape index (κ1) is 16.3. The number of nitrogens with zero attached hydrogens (tertiary/aromatic N) is 1. The van der Waals surface area contributed by atoms with Crippen molar-refractivity contribution in [1.82, 2.24) is 10.3 Å². The average Bonchev–Trinajstić information content (AvgIpc) is 2.38. The lowest BCUT2D eigenvalue weighted by Gasteiger charge is -2.50. The van der Waals surface area contributed by atoms with Crippen molar-refractivity contribution in [3.8, 4) is 0 Å². The quantitative estimate of drug-likeness (QED) is 0.663. The van der Waals surface area contributed by atoms with E-state index in [2.05, 4.69) is 17.2 Å². The second-order valence-corrected chi connectivity index (χ2v) is 6.50. The van der Waals surface area contributed by atoms with Crippen molar-refractivity contribution >= 4 is 0 Å². The van der Waals surface area contributed by atoms with Crippen molar-refractivity contribution in [3.63, 3.8) is 0 Å². The zero-order chi connectivity index (χ0) is 15.6. The van der Waals surface area contributed by atoms with Gasteiger partial charge in [-0.05, 0) is 50.6 Å². The molecular weight excluding hydrogens is 272 g/mol. The molecule has 0 radical (unpaired) electrons. The maximum atomic E-state index is 13.6. The molecular formula is C16H25F2N3. The van der Waals surface area contributed by atoms with Gasteiger partial charge < -0.3 is 4.90 Å². The Kier molecular flexibility index (Phi) is 4.96. The van der Waals surface area contributed by atoms with Crippen LogP contribution in [0.4, 0.5) is 8.78 Å². The molecule has 0 aliphatic heterocycles. The van der Waals surface area contributed by atoms with Crippen molar-refractivity contribution < 1.29 is 8.78 Å². The molecule has 118 valence electrons. The van der Waals surface area contributed by atoms with E-state index in [9.17, 15) is 8.78 Å². The molecule has 1 saturated carbocycles. The lowest BCUT2D eigenvalue weighted by molar-refractivity contribution is 0.0365. The highest BCUT2D eigenvalue weighted by atomic mass is 19.1. The van der Waals surface area contributed by atoms with Crippen molar-refractivity contribution in [2.24, 2.45) is 11.8 Å². The van der Waals surface area contributed by atoms with Gasteiger partial charge in [-0.25, -0.2) is 8.78 Å². The molecule has 0 heterocycles. The van der Waals surface area contributed by atoms with Gasteiger partial charge >= 0.3 is 0 Å². The van der Waals surface area contributed by atoms with E-state index < -0.39 is 11.6 Å². The first-order valence-electron chi connectivity index (χ1n) is 7.48. The standard InChI is InChI=1S/C16H25F2N3/c1-11-5-4-6-16(10-11,21(2)3)15(20-19)12-7-13(17)9-14(18)8-12/h7-9,11,15,20H,4-6,10,19H2,1-3H3. The lowest BCUT2D eigenvalue weighted by Crippen LogP contribution is -2.57. The van der Waals surface area contributed by atoms with Crippen molar-refractivity contribution in [1.29, 1.82) is 0 Å². The molecule has 0 spiro atoms. The minimum Gasteiger partial charge on any atom is -0.302 e. The summed E-state index contributed by atoms with van der Waals surface area (Å²) in [5.74, 6) is 5.21. The summed E-state index contributed by atoms with van der Waals surface area (Å²) in [6, 6.07) is 3.33. The number of hydrogen-bond acceptors (Lipinski definition) is 3. The number of halogens is 2. The Morgan fingerprint density at radius 3 is 2.38 bits per heavy atom. The van der Waals surface area contributed by atoms with Gasteiger partial charge in [-0.15, -0.1) is 0 Å². The molecule has 3 unspecified atom stereocenters. The van der Waals surface area contributed by atoms with Gasteiger partial charge in [-0.1, -0.05) is 19.8 Å². The number of nitrogens with one attached hydrogen (secondary N) is 1. The normalized spacial score (nSPS) is 27.9. The molecule has 5 heteroatoms. The van der Waals surface area contributed by atoms with Crippen LogP contribution in [0.1, 0.15) is 44.2 Å². The van der Waals surface area contributed by atoms with Gasteiger partial charge in [-0.2, -0.15) is 0 Å². The van der Waals surface area contributed by atoms with Crippen LogP contribution in [-0.4, -0.2) is 24.5 Å². The Bertz CT molecular complexity index is 472. The summed E-state index contributed by atoms with van der Waals surface area (Å²) in [5, 5.41) is 0. The topological polar surface area (TPSA) is 41.3 Å². The molecule has 3 nitrogen and oxygen atoms in total. The highest BCUT2D eigenvalue weighted by Gasteiger charge is 2.44. The summed E-state index contributed by atoms with van der Waals surface area (Å²) in [4.78, 5) is 2.15. The highest BCUT2D eigenvalue weighted by molar-refractivity contribution is 5.26. The minimum atomic E-state index is -0.567. The Hall–Kier alpha value is -1.04. The predicted molar refractivity (Wildman–Crippen MR) is 80.5 cm³/mol. The van der Waals surface area contributed by atoms with Crippen LogP contribution in [0.3, 0.4) is 0 Å². The zero-order valence-electron chi connectivity index (χ0n) is 13.0. The van der Waals surface area contributed by atoms with Gasteiger partial charge in [0.15, 0.2) is 0 Å². The molecule has 2 rings (SSSR count). The van der Waals surface area contributed by atoms with E-state index in [-0.39, 0.29) is 11.6 Å². The van der Waals surface area contributed by atoms with E-state index in [1.54, 1.807) is 0 Å². The second kappa shape index (κ2) is 6.38. The zero-order valence-corrected chi connectivity index (χ0v) is 13.0. The van der Waals surface area contributed by atoms with Crippen LogP contribution >= 0.6 is 0 Å². The monoisotopic (exact) mass is 297 g/mol. The number of nitrogens with two attached hydrogens (primary N) is 1. The molecule has 1 aliphatic carbocycles. The van der Waals surface area contributed by atoms with E-state index >= 15 is 0 Å². The van der Waals surface area contributed by atoms with Crippen LogP contribution in [0.2, 0.25) is 0 Å². The van der Waals surface area contributed by atoms with Crippen molar-refractivity contribution in [2.45, 2.75) is 44.2 Å². The number of benzene rings is 1. The van der Waals surface area contributed by atoms with E-state index in [0.717, 1.165) is 25.3 Å². The minimum absolute atomic E-state index is 0.230. The highest BCUT2D eigenvalue weighted by Crippen LogP contribution is 2.43. The van der Waals surface area contributed by atoms with Crippen molar-refractivity contribution in [2.75, 3.05) is 14.1 Å². The third-order valence-corrected chi connectivity index (χ3v) is 4.82. The van der Waals surface area contributed by atoms with E-state index in [0.29, 0.717) is 11.5 Å². The predicted octanol–water partition coefficient (Wildman–Crippen LogP) is 2.98. The molecule has 1 aromatic rings. The SMILES string of the molecule is CC1CCCC(C(NN)c2cc(F)cc(F)c2)(N(C)C)C1. The van der Waals surface area contributed by atoms with Crippen LogP contribution in [0.25, 0.3) is 0 Å². The number of rotatable bonds is 4. The van der Waals surface area contributed by atoms with Gasteiger partial charge in [0, 0.05) is 11.6 Å². The number of likely N-dealkylation sites (N-methyl/N-ethyl adjacent to an activating group) is 1. The molecule has 0 saturated heterocycles. The number of hydrazine groups is 1. The Morgan fingerprint density at radius 1 is 1.29 bits per heavy atom. The number of hydrogen-bond donors (Lipinski definition) is 2. The fourth-order valence-corrected chi connectivity index (χ4v) is 3.79. The summed E-state index contributed by atoms with van der Waals surface area (Å²) in [6.45, 7) is 2.22. The molecule has 0 aromatic heterocycles. The van der Waals surface area contributed by atoms with E-state index in [1.165, 1.54) is 18.6 Å². The molecule has 0 amide bonds. The third-order valence-electron chi connectivity index (χ3n) is 4.82. The summed E-state index contributed by atoms with van der Waals surface area (Å²) < 4.78 is 27.1. The molecule has 3 atom stereocenters. The Balaban J connectivity index is 2.44. The van der Waals surface area contributed by atoms with Gasteiger partial charge in [0.2, 0.25) is 0 Å². The molecule has 1 aliphatic rings. The summed E-state index contributed by atoms with van der Waals surface area (Å²) in [5.41, 5.74) is 3.15. The van der Waals surface area contributed by atoms with Crippen LogP contribution in [0, 0.1) is 17.6 Å². The van der Waals surface area contributed by atoms with E-state index in [4.69, 9.17) is 5.84 Å². The smallest absolute Gasteiger partial charge is 0.126 e. The molecule has 0 bridgehead atoms. The van der Waals surface area contributed by atoms with Gasteiger partial charge in [0.25, 0.3) is 0 Å². The summed E-state index contributed by atoms with van der Waals surface area (Å²) in [6.07, 6.45) is 4.18. The first-order valence-corrected chi connectivity index (χ1v) is 7.48. The van der Waals surface area contributed by atoms with Crippen LogP contribution < -0.4 is 11.3 Å². The van der Waals surface area contributed by atoms with Crippen LogP contribution in [-0.2, 0) is 0 Å². The maximum Gasteiger partial charge on any atom is 0.126 e. The fraction of sp³-hybridized carbons (Fsp3) is 0.625. The van der Waals surface area contributed by atoms with Gasteiger partial charge in [-0.3, -0.25) is 11.3 Å². The Morgan fingerprint density at radius 2 is 1.90 bits per heavy atom. The average molecular weight is 297 g/mol. The third kappa shape index (κ3) is 3.25. The molecule has 1 aromatic carbocycles. The fourth-order valence-electron chi connectivity index (χ4n) is 3.79. The summed E-state index contributed by atoms with van der Waals surface area (Å²) in [7, 11) is 4.02. The largest absolute Gasteiger partial charge is 0.302 e. The maximum absolute atomic E-state index is 13.6. The lowest BCUT2D eigenvalue weighted by atomic mass is 9.69. The van der Waals surface area contributed by atoms with Crippen LogP contribution in [0.5, 0.6) is 0 Å². The van der Waals surface area contributed by atoms with Crippen molar-refractivity contribution in [3.05, 3.63) is 35.4 Å². The second-order valence-electron chi connectivity index (χ2n) is 6.50. The first-order chi connectivity index (χ1) is 9.89. The Labute approximate surface area is 125 Å². The molecule has 1 fully saturated rings. The van der Waals surface area contributed by atoms with Gasteiger partial charge in [0.1, 0.15) is 11.6 Å². The van der Waals surface area contributed by atoms with E-state index in [1.807, 2.05) is 14.1 Å². The molecule has 3 N–H and O–H groups in total.